The molecule has 0 radical (unpaired) electrons. The normalized spacial score (nSPS) is 17.7. The van der Waals surface area contributed by atoms with Crippen molar-refractivity contribution in [3.05, 3.63) is 29.5 Å². The van der Waals surface area contributed by atoms with Crippen LogP contribution in [-0.2, 0) is 6.54 Å². The van der Waals surface area contributed by atoms with E-state index in [1.807, 2.05) is 0 Å². The zero-order chi connectivity index (χ0) is 26.0. The van der Waals surface area contributed by atoms with E-state index in [9.17, 15) is 15.0 Å². The molecule has 0 spiro atoms. The molecule has 11 nitrogen and oxygen atoms in total. The molecule has 2 atom stereocenters. The molecule has 1 fully saturated rings. The molecule has 196 valence electrons. The molecule has 2 heterocycles. The third kappa shape index (κ3) is 4.73. The van der Waals surface area contributed by atoms with Crippen LogP contribution in [0.5, 0.6) is 11.5 Å². The van der Waals surface area contributed by atoms with Gasteiger partial charge in [0.1, 0.15) is 17.6 Å². The average molecular weight is 510 g/mol. The van der Waals surface area contributed by atoms with Crippen LogP contribution in [0.25, 0.3) is 0 Å². The van der Waals surface area contributed by atoms with E-state index in [-0.39, 0.29) is 36.6 Å². The van der Waals surface area contributed by atoms with Crippen LogP contribution < -0.4 is 24.6 Å². The standard InChI is InChI=1S/C23H29F2N5O6/c1-35-16-7-17(36-2)19(25)20(18(16)24)29-10-12-8-26-22(27-9-14(32)15(33)11-31)28-21(12)30(23(29)34)13-5-3-4-6-13/h7-8,13-15,31-33H,3-6,9-11H2,1-2H3,(H,26,27,28)/t14?,15-/m0/s1. The Morgan fingerprint density at radius 3 is 2.36 bits per heavy atom. The van der Waals surface area contributed by atoms with Gasteiger partial charge in [-0.2, -0.15) is 4.98 Å². The van der Waals surface area contributed by atoms with Gasteiger partial charge in [-0.15, -0.1) is 0 Å². The molecule has 2 aliphatic rings. The van der Waals surface area contributed by atoms with Crippen molar-refractivity contribution in [2.75, 3.05) is 42.5 Å². The Kier molecular flexibility index (Phi) is 7.71. The molecule has 36 heavy (non-hydrogen) atoms. The number of methoxy groups -OCH3 is 2. The molecule has 4 N–H and O–H groups in total. The van der Waals surface area contributed by atoms with E-state index < -0.39 is 42.2 Å². The molecule has 1 saturated carbocycles. The van der Waals surface area contributed by atoms with E-state index in [1.165, 1.54) is 25.3 Å². The minimum absolute atomic E-state index is 0.0857. The molecule has 2 aromatic rings. The van der Waals surface area contributed by atoms with E-state index in [2.05, 4.69) is 15.3 Å². The average Bonchev–Trinajstić information content (AvgIpc) is 3.41. The van der Waals surface area contributed by atoms with Gasteiger partial charge in [-0.25, -0.2) is 18.6 Å². The first kappa shape index (κ1) is 25.8. The summed E-state index contributed by atoms with van der Waals surface area (Å²) in [6, 6.07) is 0.194. The maximum atomic E-state index is 15.3. The van der Waals surface area contributed by atoms with Gasteiger partial charge in [0.15, 0.2) is 23.1 Å². The van der Waals surface area contributed by atoms with Crippen LogP contribution in [-0.4, -0.2) is 76.9 Å². The Balaban J connectivity index is 1.74. The summed E-state index contributed by atoms with van der Waals surface area (Å²) in [5.41, 5.74) is -0.128. The van der Waals surface area contributed by atoms with E-state index in [1.54, 1.807) is 0 Å². The molecule has 1 aliphatic carbocycles. The first-order valence-corrected chi connectivity index (χ1v) is 11.6. The van der Waals surface area contributed by atoms with E-state index in [4.69, 9.17) is 14.6 Å². The molecule has 1 unspecified atom stereocenters. The number of carbonyl (C=O) groups is 1. The van der Waals surface area contributed by atoms with E-state index >= 15 is 8.78 Å². The monoisotopic (exact) mass is 509 g/mol. The SMILES string of the molecule is COc1cc(OC)c(F)c(N2Cc3cnc(NCC(O)[C@@H](O)CO)nc3N(C3CCCC3)C2=O)c1F. The summed E-state index contributed by atoms with van der Waals surface area (Å²) in [6.45, 7) is -0.965. The van der Waals surface area contributed by atoms with Crippen molar-refractivity contribution in [3.8, 4) is 11.5 Å². The number of nitrogens with zero attached hydrogens (tertiary/aromatic N) is 4. The smallest absolute Gasteiger partial charge is 0.330 e. The molecule has 2 amide bonds. The van der Waals surface area contributed by atoms with Crippen molar-refractivity contribution in [2.45, 2.75) is 50.5 Å². The Morgan fingerprint density at radius 1 is 1.14 bits per heavy atom. The number of aromatic nitrogens is 2. The van der Waals surface area contributed by atoms with Crippen LogP contribution in [0.4, 0.5) is 31.0 Å². The summed E-state index contributed by atoms with van der Waals surface area (Å²) in [6.07, 6.45) is 1.99. The van der Waals surface area contributed by atoms with Crippen molar-refractivity contribution in [3.63, 3.8) is 0 Å². The van der Waals surface area contributed by atoms with Crippen LogP contribution in [0.3, 0.4) is 0 Å². The summed E-state index contributed by atoms with van der Waals surface area (Å²) < 4.78 is 40.6. The number of halogens is 2. The van der Waals surface area contributed by atoms with Crippen LogP contribution in [0.15, 0.2) is 12.3 Å². The number of benzene rings is 1. The van der Waals surface area contributed by atoms with Gasteiger partial charge in [0.05, 0.1) is 33.5 Å². The van der Waals surface area contributed by atoms with Gasteiger partial charge in [0.2, 0.25) is 5.95 Å². The topological polar surface area (TPSA) is 141 Å². The van der Waals surface area contributed by atoms with Crippen LogP contribution in [0.2, 0.25) is 0 Å². The molecule has 0 bridgehead atoms. The molecule has 1 aliphatic heterocycles. The van der Waals surface area contributed by atoms with Gasteiger partial charge in [-0.3, -0.25) is 9.80 Å². The maximum absolute atomic E-state index is 15.3. The minimum Gasteiger partial charge on any atom is -0.493 e. The molecule has 1 aromatic carbocycles. The van der Waals surface area contributed by atoms with Crippen LogP contribution in [0, 0.1) is 11.6 Å². The number of aliphatic hydroxyl groups excluding tert-OH is 3. The van der Waals surface area contributed by atoms with E-state index in [0.717, 1.165) is 23.8 Å². The van der Waals surface area contributed by atoms with Crippen molar-refractivity contribution < 1.29 is 38.4 Å². The third-order valence-corrected chi connectivity index (χ3v) is 6.45. The molecular weight excluding hydrogens is 480 g/mol. The van der Waals surface area contributed by atoms with Crippen LogP contribution >= 0.6 is 0 Å². The zero-order valence-corrected chi connectivity index (χ0v) is 19.9. The van der Waals surface area contributed by atoms with Crippen molar-refractivity contribution in [2.24, 2.45) is 0 Å². The number of urea groups is 1. The first-order valence-electron chi connectivity index (χ1n) is 11.6. The second-order valence-electron chi connectivity index (χ2n) is 8.68. The Morgan fingerprint density at radius 2 is 1.78 bits per heavy atom. The number of fused-ring (bicyclic) bond motifs is 1. The van der Waals surface area contributed by atoms with E-state index in [0.29, 0.717) is 24.2 Å². The fourth-order valence-electron chi connectivity index (χ4n) is 4.49. The number of nitrogens with one attached hydrogen (secondary N) is 1. The lowest BCUT2D eigenvalue weighted by atomic mass is 10.1. The highest BCUT2D eigenvalue weighted by molar-refractivity contribution is 6.06. The van der Waals surface area contributed by atoms with Crippen molar-refractivity contribution >= 4 is 23.5 Å². The lowest BCUT2D eigenvalue weighted by molar-refractivity contribution is -0.00707. The molecule has 1 aromatic heterocycles. The Labute approximate surface area is 206 Å². The fraction of sp³-hybridized carbons (Fsp3) is 0.522. The number of amides is 2. The number of aliphatic hydroxyl groups is 3. The highest BCUT2D eigenvalue weighted by Crippen LogP contribution is 2.42. The quantitative estimate of drug-likeness (QED) is 0.398. The van der Waals surface area contributed by atoms with Crippen LogP contribution in [0.1, 0.15) is 31.2 Å². The Hall–Kier alpha value is -3.29. The number of anilines is 3. The van der Waals surface area contributed by atoms with Crippen molar-refractivity contribution in [1.29, 1.82) is 0 Å². The second kappa shape index (κ2) is 10.8. The van der Waals surface area contributed by atoms with Gasteiger partial charge in [-0.1, -0.05) is 12.8 Å². The minimum atomic E-state index is -1.34. The predicted octanol–water partition coefficient (Wildman–Crippen LogP) is 1.79. The number of carbonyl (C=O) groups excluding carboxylic acids is 1. The van der Waals surface area contributed by atoms with Gasteiger partial charge < -0.3 is 30.1 Å². The molecule has 0 saturated heterocycles. The zero-order valence-electron chi connectivity index (χ0n) is 19.9. The lowest BCUT2D eigenvalue weighted by Crippen LogP contribution is -2.52. The summed E-state index contributed by atoms with van der Waals surface area (Å²) in [5, 5.41) is 31.2. The molecular formula is C23H29F2N5O6. The van der Waals surface area contributed by atoms with Gasteiger partial charge in [0.25, 0.3) is 0 Å². The maximum Gasteiger partial charge on any atom is 0.330 e. The number of hydrogen-bond donors (Lipinski definition) is 4. The predicted molar refractivity (Wildman–Crippen MR) is 125 cm³/mol. The van der Waals surface area contributed by atoms with Crippen molar-refractivity contribution in [1.82, 2.24) is 9.97 Å². The summed E-state index contributed by atoms with van der Waals surface area (Å²) in [7, 11) is 2.47. The largest absolute Gasteiger partial charge is 0.493 e. The van der Waals surface area contributed by atoms with Gasteiger partial charge in [0, 0.05) is 30.4 Å². The lowest BCUT2D eigenvalue weighted by Gasteiger charge is -2.39. The van der Waals surface area contributed by atoms with Gasteiger partial charge >= 0.3 is 6.03 Å². The number of hydrogen-bond acceptors (Lipinski definition) is 9. The summed E-state index contributed by atoms with van der Waals surface area (Å²) in [5.74, 6) is -2.22. The summed E-state index contributed by atoms with van der Waals surface area (Å²) >= 11 is 0. The molecule has 13 heteroatoms. The second-order valence-corrected chi connectivity index (χ2v) is 8.68. The Bertz CT molecular complexity index is 1090. The molecule has 4 rings (SSSR count). The third-order valence-electron chi connectivity index (χ3n) is 6.45. The highest BCUT2D eigenvalue weighted by atomic mass is 19.1. The first-order chi connectivity index (χ1) is 17.3. The fourth-order valence-corrected chi connectivity index (χ4v) is 4.49. The summed E-state index contributed by atoms with van der Waals surface area (Å²) in [4.78, 5) is 24.8. The number of rotatable bonds is 9. The number of ether oxygens (including phenoxy) is 2. The van der Waals surface area contributed by atoms with Gasteiger partial charge in [-0.05, 0) is 12.8 Å². The highest BCUT2D eigenvalue weighted by Gasteiger charge is 2.41.